The molecule has 0 bridgehead atoms. The standard InChI is InChI=1S/C12H15BrN2S/c1-4-14-12(2,3)11-15-9-7-8(13)5-6-10(9)16-11/h5-7,14H,4H2,1-3H3. The topological polar surface area (TPSA) is 24.9 Å². The summed E-state index contributed by atoms with van der Waals surface area (Å²) in [6.07, 6.45) is 0. The second-order valence-electron chi connectivity index (χ2n) is 4.29. The van der Waals surface area contributed by atoms with Gasteiger partial charge in [-0.3, -0.25) is 0 Å². The lowest BCUT2D eigenvalue weighted by molar-refractivity contribution is 0.414. The first-order chi connectivity index (χ1) is 7.53. The van der Waals surface area contributed by atoms with Crippen molar-refractivity contribution in [2.45, 2.75) is 26.3 Å². The van der Waals surface area contributed by atoms with Gasteiger partial charge in [-0.15, -0.1) is 11.3 Å². The van der Waals surface area contributed by atoms with E-state index in [1.54, 1.807) is 11.3 Å². The van der Waals surface area contributed by atoms with E-state index >= 15 is 0 Å². The molecule has 1 aromatic carbocycles. The van der Waals surface area contributed by atoms with Crippen molar-refractivity contribution in [2.75, 3.05) is 6.54 Å². The van der Waals surface area contributed by atoms with Gasteiger partial charge in [0.05, 0.1) is 15.8 Å². The van der Waals surface area contributed by atoms with Crippen LogP contribution in [-0.2, 0) is 5.54 Å². The number of hydrogen-bond acceptors (Lipinski definition) is 3. The SMILES string of the molecule is CCNC(C)(C)c1nc2cc(Br)ccc2s1. The number of aromatic nitrogens is 1. The van der Waals surface area contributed by atoms with Crippen LogP contribution in [0.3, 0.4) is 0 Å². The molecule has 0 unspecified atom stereocenters. The van der Waals surface area contributed by atoms with Crippen molar-refractivity contribution in [1.29, 1.82) is 0 Å². The molecule has 4 heteroatoms. The molecule has 1 aromatic heterocycles. The van der Waals surface area contributed by atoms with Crippen molar-refractivity contribution in [3.8, 4) is 0 Å². The highest BCUT2D eigenvalue weighted by atomic mass is 79.9. The van der Waals surface area contributed by atoms with Crippen molar-refractivity contribution in [3.63, 3.8) is 0 Å². The highest BCUT2D eigenvalue weighted by molar-refractivity contribution is 9.10. The highest BCUT2D eigenvalue weighted by Gasteiger charge is 2.23. The Hall–Kier alpha value is -0.450. The summed E-state index contributed by atoms with van der Waals surface area (Å²) in [4.78, 5) is 4.69. The number of benzene rings is 1. The Balaban J connectivity index is 2.46. The Morgan fingerprint density at radius 2 is 2.19 bits per heavy atom. The molecule has 2 aromatic rings. The summed E-state index contributed by atoms with van der Waals surface area (Å²) in [5.41, 5.74) is 1.02. The van der Waals surface area contributed by atoms with E-state index in [4.69, 9.17) is 0 Å². The Labute approximate surface area is 108 Å². The lowest BCUT2D eigenvalue weighted by Gasteiger charge is -2.22. The van der Waals surface area contributed by atoms with Gasteiger partial charge in [0.15, 0.2) is 0 Å². The molecule has 0 radical (unpaired) electrons. The zero-order valence-electron chi connectivity index (χ0n) is 9.67. The summed E-state index contributed by atoms with van der Waals surface area (Å²) in [5.74, 6) is 0. The smallest absolute Gasteiger partial charge is 0.113 e. The second-order valence-corrected chi connectivity index (χ2v) is 6.23. The van der Waals surface area contributed by atoms with Gasteiger partial charge in [0.1, 0.15) is 5.01 Å². The number of rotatable bonds is 3. The Morgan fingerprint density at radius 3 is 2.88 bits per heavy atom. The summed E-state index contributed by atoms with van der Waals surface area (Å²) < 4.78 is 2.32. The van der Waals surface area contributed by atoms with E-state index in [0.717, 1.165) is 21.5 Å². The van der Waals surface area contributed by atoms with Crippen LogP contribution in [0.2, 0.25) is 0 Å². The molecule has 0 saturated heterocycles. The predicted molar refractivity (Wildman–Crippen MR) is 74.0 cm³/mol. The molecule has 2 nitrogen and oxygen atoms in total. The normalized spacial score (nSPS) is 12.2. The van der Waals surface area contributed by atoms with Crippen LogP contribution in [-0.4, -0.2) is 11.5 Å². The monoisotopic (exact) mass is 298 g/mol. The molecule has 2 rings (SSSR count). The lowest BCUT2D eigenvalue weighted by Crippen LogP contribution is -2.36. The minimum absolute atomic E-state index is 0.0507. The van der Waals surface area contributed by atoms with Gasteiger partial charge in [0.25, 0.3) is 0 Å². The molecule has 1 heterocycles. The molecular formula is C12H15BrN2S. The summed E-state index contributed by atoms with van der Waals surface area (Å²) in [6.45, 7) is 7.41. The fourth-order valence-electron chi connectivity index (χ4n) is 1.69. The third-order valence-electron chi connectivity index (χ3n) is 2.50. The summed E-state index contributed by atoms with van der Waals surface area (Å²) in [7, 11) is 0. The predicted octanol–water partition coefficient (Wildman–Crippen LogP) is 3.90. The minimum Gasteiger partial charge on any atom is -0.306 e. The van der Waals surface area contributed by atoms with E-state index in [1.165, 1.54) is 4.70 Å². The highest BCUT2D eigenvalue weighted by Crippen LogP contribution is 2.31. The fourth-order valence-corrected chi connectivity index (χ4v) is 3.06. The average Bonchev–Trinajstić information content (AvgIpc) is 2.61. The van der Waals surface area contributed by atoms with Crippen LogP contribution in [0, 0.1) is 0 Å². The van der Waals surface area contributed by atoms with Gasteiger partial charge in [-0.05, 0) is 38.6 Å². The van der Waals surface area contributed by atoms with Gasteiger partial charge >= 0.3 is 0 Å². The van der Waals surface area contributed by atoms with Crippen LogP contribution in [0.15, 0.2) is 22.7 Å². The molecule has 0 amide bonds. The largest absolute Gasteiger partial charge is 0.306 e. The average molecular weight is 299 g/mol. The van der Waals surface area contributed by atoms with Crippen LogP contribution < -0.4 is 5.32 Å². The zero-order chi connectivity index (χ0) is 11.8. The maximum absolute atomic E-state index is 4.69. The van der Waals surface area contributed by atoms with E-state index in [0.29, 0.717) is 0 Å². The Morgan fingerprint density at radius 1 is 1.44 bits per heavy atom. The number of halogens is 1. The van der Waals surface area contributed by atoms with E-state index < -0.39 is 0 Å². The van der Waals surface area contributed by atoms with Gasteiger partial charge in [-0.25, -0.2) is 4.98 Å². The van der Waals surface area contributed by atoms with Gasteiger partial charge in [0.2, 0.25) is 0 Å². The van der Waals surface area contributed by atoms with Gasteiger partial charge in [-0.1, -0.05) is 22.9 Å². The van der Waals surface area contributed by atoms with E-state index in [9.17, 15) is 0 Å². The first kappa shape index (κ1) is 12.0. The first-order valence-corrected chi connectivity index (χ1v) is 6.95. The number of thiazole rings is 1. The quantitative estimate of drug-likeness (QED) is 0.929. The molecule has 16 heavy (non-hydrogen) atoms. The van der Waals surface area contributed by atoms with Crippen LogP contribution in [0.4, 0.5) is 0 Å². The second kappa shape index (κ2) is 4.43. The molecule has 0 saturated carbocycles. The van der Waals surface area contributed by atoms with Gasteiger partial charge in [0, 0.05) is 4.47 Å². The van der Waals surface area contributed by atoms with Gasteiger partial charge < -0.3 is 5.32 Å². The van der Waals surface area contributed by atoms with Crippen molar-refractivity contribution in [3.05, 3.63) is 27.7 Å². The van der Waals surface area contributed by atoms with E-state index in [2.05, 4.69) is 65.2 Å². The van der Waals surface area contributed by atoms with Crippen LogP contribution in [0.1, 0.15) is 25.8 Å². The minimum atomic E-state index is -0.0507. The van der Waals surface area contributed by atoms with Crippen molar-refractivity contribution in [2.24, 2.45) is 0 Å². The van der Waals surface area contributed by atoms with Crippen LogP contribution in [0.5, 0.6) is 0 Å². The first-order valence-electron chi connectivity index (χ1n) is 5.34. The summed E-state index contributed by atoms with van der Waals surface area (Å²) >= 11 is 5.23. The Bertz CT molecular complexity index is 505. The maximum atomic E-state index is 4.69. The number of hydrogen-bond donors (Lipinski definition) is 1. The Kier molecular flexibility index (Phi) is 3.33. The molecule has 1 N–H and O–H groups in total. The van der Waals surface area contributed by atoms with Gasteiger partial charge in [-0.2, -0.15) is 0 Å². The van der Waals surface area contributed by atoms with Crippen molar-refractivity contribution in [1.82, 2.24) is 10.3 Å². The fraction of sp³-hybridized carbons (Fsp3) is 0.417. The third-order valence-corrected chi connectivity index (χ3v) is 4.36. The van der Waals surface area contributed by atoms with Crippen molar-refractivity contribution < 1.29 is 0 Å². The number of nitrogens with zero attached hydrogens (tertiary/aromatic N) is 1. The summed E-state index contributed by atoms with van der Waals surface area (Å²) in [6, 6.07) is 6.24. The number of nitrogens with one attached hydrogen (secondary N) is 1. The molecule has 0 atom stereocenters. The lowest BCUT2D eigenvalue weighted by atomic mass is 10.1. The third kappa shape index (κ3) is 2.29. The molecule has 0 fully saturated rings. The van der Waals surface area contributed by atoms with Crippen LogP contribution in [0.25, 0.3) is 10.2 Å². The van der Waals surface area contributed by atoms with E-state index in [1.807, 2.05) is 0 Å². The summed E-state index contributed by atoms with van der Waals surface area (Å²) in [5, 5.41) is 4.59. The van der Waals surface area contributed by atoms with E-state index in [-0.39, 0.29) is 5.54 Å². The van der Waals surface area contributed by atoms with Crippen LogP contribution >= 0.6 is 27.3 Å². The molecule has 0 aliphatic rings. The zero-order valence-corrected chi connectivity index (χ0v) is 12.1. The van der Waals surface area contributed by atoms with Crippen molar-refractivity contribution >= 4 is 37.5 Å². The molecule has 0 aliphatic carbocycles. The molecule has 0 aliphatic heterocycles. The molecular weight excluding hydrogens is 284 g/mol. The number of fused-ring (bicyclic) bond motifs is 1. The maximum Gasteiger partial charge on any atom is 0.113 e. The molecule has 86 valence electrons. The molecule has 0 spiro atoms.